The van der Waals surface area contributed by atoms with Crippen molar-refractivity contribution in [3.63, 3.8) is 0 Å². The highest BCUT2D eigenvalue weighted by Crippen LogP contribution is 2.24. The molecule has 0 atom stereocenters. The van der Waals surface area contributed by atoms with Crippen molar-refractivity contribution in [3.8, 4) is 5.69 Å². The van der Waals surface area contributed by atoms with Gasteiger partial charge in [-0.1, -0.05) is 70.2 Å². The molecule has 156 valence electrons. The summed E-state index contributed by atoms with van der Waals surface area (Å²) in [7, 11) is 0. The Labute approximate surface area is 194 Å². The number of nitrogens with zero attached hydrogens (tertiary/aromatic N) is 3. The van der Waals surface area contributed by atoms with Gasteiger partial charge in [0.1, 0.15) is 5.82 Å². The van der Waals surface area contributed by atoms with Crippen LogP contribution in [-0.4, -0.2) is 26.4 Å². The monoisotopic (exact) mass is 492 g/mol. The molecule has 0 unspecified atom stereocenters. The number of amides is 1. The van der Waals surface area contributed by atoms with E-state index >= 15 is 0 Å². The minimum absolute atomic E-state index is 0.0873. The fourth-order valence-corrected chi connectivity index (χ4v) is 4.21. The lowest BCUT2D eigenvalue weighted by molar-refractivity contribution is -0.113. The van der Waals surface area contributed by atoms with Crippen LogP contribution in [0.1, 0.15) is 17.0 Å². The number of benzene rings is 3. The summed E-state index contributed by atoms with van der Waals surface area (Å²) >= 11 is 4.78. The van der Waals surface area contributed by atoms with E-state index < -0.39 is 0 Å². The molecule has 0 saturated carbocycles. The molecule has 0 bridgehead atoms. The normalized spacial score (nSPS) is 10.8. The Kier molecular flexibility index (Phi) is 6.84. The first-order chi connectivity index (χ1) is 15.1. The van der Waals surface area contributed by atoms with Gasteiger partial charge in [-0.3, -0.25) is 9.36 Å². The van der Waals surface area contributed by atoms with Gasteiger partial charge in [-0.25, -0.2) is 0 Å². The highest BCUT2D eigenvalue weighted by Gasteiger charge is 2.16. The number of hydrogen-bond donors (Lipinski definition) is 1. The molecule has 3 aromatic carbocycles. The van der Waals surface area contributed by atoms with Crippen molar-refractivity contribution in [2.24, 2.45) is 0 Å². The van der Waals surface area contributed by atoms with Gasteiger partial charge >= 0.3 is 0 Å². The summed E-state index contributed by atoms with van der Waals surface area (Å²) in [6.07, 6.45) is 0.660. The van der Waals surface area contributed by atoms with E-state index in [2.05, 4.69) is 62.6 Å². The standard InChI is InChI=1S/C24H21BrN4OS/c1-17-6-5-9-21(14-17)29-22(15-18-7-3-2-4-8-18)27-28-24(29)31-16-23(30)26-20-12-10-19(25)11-13-20/h2-14H,15-16H2,1H3,(H,26,30). The van der Waals surface area contributed by atoms with Crippen LogP contribution in [0.2, 0.25) is 0 Å². The Balaban J connectivity index is 1.55. The molecule has 0 radical (unpaired) electrons. The first-order valence-corrected chi connectivity index (χ1v) is 11.6. The molecular weight excluding hydrogens is 472 g/mol. The number of anilines is 1. The third-order valence-corrected chi connectivity index (χ3v) is 6.08. The average Bonchev–Trinajstić information content (AvgIpc) is 3.17. The van der Waals surface area contributed by atoms with Crippen LogP contribution in [0.3, 0.4) is 0 Å². The summed E-state index contributed by atoms with van der Waals surface area (Å²) in [5.41, 5.74) is 4.07. The number of rotatable bonds is 7. The molecule has 0 fully saturated rings. The van der Waals surface area contributed by atoms with Gasteiger partial charge in [0.15, 0.2) is 5.16 Å². The molecule has 5 nitrogen and oxygen atoms in total. The molecular formula is C24H21BrN4OS. The van der Waals surface area contributed by atoms with E-state index in [4.69, 9.17) is 0 Å². The van der Waals surface area contributed by atoms with Crippen molar-refractivity contribution in [1.82, 2.24) is 14.8 Å². The maximum atomic E-state index is 12.5. The number of nitrogens with one attached hydrogen (secondary N) is 1. The number of aryl methyl sites for hydroxylation is 1. The predicted molar refractivity (Wildman–Crippen MR) is 129 cm³/mol. The first-order valence-electron chi connectivity index (χ1n) is 9.82. The van der Waals surface area contributed by atoms with E-state index in [1.54, 1.807) is 0 Å². The Hall–Kier alpha value is -2.90. The summed E-state index contributed by atoms with van der Waals surface area (Å²) < 4.78 is 3.01. The summed E-state index contributed by atoms with van der Waals surface area (Å²) in [5, 5.41) is 12.5. The van der Waals surface area contributed by atoms with Crippen molar-refractivity contribution < 1.29 is 4.79 Å². The lowest BCUT2D eigenvalue weighted by atomic mass is 10.1. The molecule has 1 heterocycles. The van der Waals surface area contributed by atoms with Crippen LogP contribution >= 0.6 is 27.7 Å². The Morgan fingerprint density at radius 2 is 1.77 bits per heavy atom. The van der Waals surface area contributed by atoms with Crippen LogP contribution in [0.4, 0.5) is 5.69 Å². The Morgan fingerprint density at radius 3 is 2.52 bits per heavy atom. The predicted octanol–water partition coefficient (Wildman–Crippen LogP) is 5.66. The average molecular weight is 493 g/mol. The van der Waals surface area contributed by atoms with Crippen molar-refractivity contribution in [2.45, 2.75) is 18.5 Å². The Bertz CT molecular complexity index is 1180. The number of hydrogen-bond acceptors (Lipinski definition) is 4. The minimum Gasteiger partial charge on any atom is -0.325 e. The van der Waals surface area contributed by atoms with Crippen LogP contribution < -0.4 is 5.32 Å². The van der Waals surface area contributed by atoms with Gasteiger partial charge in [0.25, 0.3) is 0 Å². The third-order valence-electron chi connectivity index (χ3n) is 4.63. The van der Waals surface area contributed by atoms with Gasteiger partial charge in [0.2, 0.25) is 5.91 Å². The van der Waals surface area contributed by atoms with Crippen molar-refractivity contribution in [2.75, 3.05) is 11.1 Å². The fourth-order valence-electron chi connectivity index (χ4n) is 3.17. The number of aromatic nitrogens is 3. The summed E-state index contributed by atoms with van der Waals surface area (Å²) in [5.74, 6) is 0.995. The summed E-state index contributed by atoms with van der Waals surface area (Å²) in [4.78, 5) is 12.5. The van der Waals surface area contributed by atoms with Gasteiger partial charge in [-0.2, -0.15) is 0 Å². The molecule has 7 heteroatoms. The van der Waals surface area contributed by atoms with Crippen molar-refractivity contribution >= 4 is 39.3 Å². The topological polar surface area (TPSA) is 59.8 Å². The van der Waals surface area contributed by atoms with Crippen LogP contribution in [0, 0.1) is 6.92 Å². The van der Waals surface area contributed by atoms with Crippen LogP contribution in [0.15, 0.2) is 88.5 Å². The largest absolute Gasteiger partial charge is 0.325 e. The highest BCUT2D eigenvalue weighted by atomic mass is 79.9. The molecule has 1 aromatic heterocycles. The van der Waals surface area contributed by atoms with E-state index in [0.717, 1.165) is 32.8 Å². The van der Waals surface area contributed by atoms with Crippen molar-refractivity contribution in [3.05, 3.63) is 100 Å². The maximum absolute atomic E-state index is 12.5. The van der Waals surface area contributed by atoms with Gasteiger partial charge in [-0.05, 0) is 54.4 Å². The molecule has 0 saturated heterocycles. The second kappa shape index (κ2) is 9.94. The zero-order valence-electron chi connectivity index (χ0n) is 17.0. The first kappa shape index (κ1) is 21.3. The molecule has 0 aliphatic rings. The zero-order valence-corrected chi connectivity index (χ0v) is 19.4. The van der Waals surface area contributed by atoms with Gasteiger partial charge in [-0.15, -0.1) is 10.2 Å². The number of carbonyl (C=O) groups is 1. The SMILES string of the molecule is Cc1cccc(-n2c(Cc3ccccc3)nnc2SCC(=O)Nc2ccc(Br)cc2)c1. The quantitative estimate of drug-likeness (QED) is 0.338. The lowest BCUT2D eigenvalue weighted by Crippen LogP contribution is -2.14. The molecule has 4 rings (SSSR count). The second-order valence-electron chi connectivity index (χ2n) is 7.08. The summed E-state index contributed by atoms with van der Waals surface area (Å²) in [6, 6.07) is 25.9. The van der Waals surface area contributed by atoms with Crippen LogP contribution in [0.5, 0.6) is 0 Å². The smallest absolute Gasteiger partial charge is 0.234 e. The van der Waals surface area contributed by atoms with E-state index in [9.17, 15) is 4.79 Å². The van der Waals surface area contributed by atoms with E-state index in [1.807, 2.05) is 59.2 Å². The van der Waals surface area contributed by atoms with E-state index in [1.165, 1.54) is 11.8 Å². The van der Waals surface area contributed by atoms with Crippen molar-refractivity contribution in [1.29, 1.82) is 0 Å². The van der Waals surface area contributed by atoms with Crippen LogP contribution in [-0.2, 0) is 11.2 Å². The highest BCUT2D eigenvalue weighted by molar-refractivity contribution is 9.10. The number of halogens is 1. The number of thioether (sulfide) groups is 1. The second-order valence-corrected chi connectivity index (χ2v) is 8.94. The zero-order chi connectivity index (χ0) is 21.6. The molecule has 0 aliphatic heterocycles. The van der Waals surface area contributed by atoms with E-state index in [-0.39, 0.29) is 11.7 Å². The molecule has 1 amide bonds. The molecule has 4 aromatic rings. The molecule has 31 heavy (non-hydrogen) atoms. The van der Waals surface area contributed by atoms with Gasteiger partial charge < -0.3 is 5.32 Å². The summed E-state index contributed by atoms with van der Waals surface area (Å²) in [6.45, 7) is 2.06. The minimum atomic E-state index is -0.0873. The Morgan fingerprint density at radius 1 is 1.00 bits per heavy atom. The molecule has 0 aliphatic carbocycles. The fraction of sp³-hybridized carbons (Fsp3) is 0.125. The van der Waals surface area contributed by atoms with Gasteiger partial charge in [0.05, 0.1) is 5.75 Å². The maximum Gasteiger partial charge on any atom is 0.234 e. The third kappa shape index (κ3) is 5.62. The van der Waals surface area contributed by atoms with E-state index in [0.29, 0.717) is 11.6 Å². The lowest BCUT2D eigenvalue weighted by Gasteiger charge is -2.11. The molecule has 1 N–H and O–H groups in total. The van der Waals surface area contributed by atoms with Gasteiger partial charge in [0, 0.05) is 22.3 Å². The van der Waals surface area contributed by atoms with Crippen LogP contribution in [0.25, 0.3) is 5.69 Å². The number of carbonyl (C=O) groups excluding carboxylic acids is 1. The molecule has 0 spiro atoms.